The van der Waals surface area contributed by atoms with Crippen molar-refractivity contribution < 1.29 is 47.3 Å². The van der Waals surface area contributed by atoms with E-state index in [0.717, 1.165) is 0 Å². The second-order valence-corrected chi connectivity index (χ2v) is 7.16. The minimum absolute atomic E-state index is 0. The molecule has 0 aromatic rings. The van der Waals surface area contributed by atoms with Crippen LogP contribution < -0.4 is 29.6 Å². The molecule has 19 heavy (non-hydrogen) atoms. The average molecular weight is 337 g/mol. The van der Waals surface area contributed by atoms with Crippen molar-refractivity contribution in [3.05, 3.63) is 0 Å². The first-order valence-electron chi connectivity index (χ1n) is 5.77. The van der Waals surface area contributed by atoms with Crippen molar-refractivity contribution >= 4 is 40.4 Å². The number of thiol groups is 1. The second-order valence-electron chi connectivity index (χ2n) is 3.76. The molecule has 0 saturated heterocycles. The third-order valence-electron chi connectivity index (χ3n) is 2.31. The van der Waals surface area contributed by atoms with Crippen LogP contribution in [0.3, 0.4) is 0 Å². The van der Waals surface area contributed by atoms with Crippen molar-refractivity contribution in [3.8, 4) is 0 Å². The topological polar surface area (TPSA) is 77.5 Å². The van der Waals surface area contributed by atoms with Gasteiger partial charge in [-0.2, -0.15) is 24.4 Å². The predicted octanol–water partition coefficient (Wildman–Crippen LogP) is -2.17. The molecule has 0 N–H and O–H groups in total. The summed E-state index contributed by atoms with van der Waals surface area (Å²) in [5, 5.41) is -0.113. The van der Waals surface area contributed by atoms with Gasteiger partial charge in [0, 0.05) is 42.0 Å². The Labute approximate surface area is 147 Å². The van der Waals surface area contributed by atoms with Gasteiger partial charge in [0.2, 0.25) is 5.91 Å². The zero-order valence-electron chi connectivity index (χ0n) is 11.7. The standard InChI is InChI=1S/C10H21NO4S3.Na/c1-3-11(4-2)10(12)7-9(16)8-17-5-6-18(13,14)15;/h9,16H,3-8H2,1-2H3,(H,13,14,15);/q;+1/p-1. The third-order valence-corrected chi connectivity index (χ3v) is 5.02. The van der Waals surface area contributed by atoms with E-state index in [0.29, 0.717) is 25.3 Å². The molecular formula is C10H20NNaO4S3. The van der Waals surface area contributed by atoms with E-state index in [4.69, 9.17) is 0 Å². The number of hydrogen-bond acceptors (Lipinski definition) is 6. The van der Waals surface area contributed by atoms with Crippen LogP contribution in [0.25, 0.3) is 0 Å². The Morgan fingerprint density at radius 2 is 1.89 bits per heavy atom. The smallest absolute Gasteiger partial charge is 0.748 e. The van der Waals surface area contributed by atoms with Crippen molar-refractivity contribution in [1.82, 2.24) is 4.90 Å². The molecule has 0 aromatic heterocycles. The molecule has 108 valence electrons. The molecule has 5 nitrogen and oxygen atoms in total. The summed E-state index contributed by atoms with van der Waals surface area (Å²) in [6.07, 6.45) is 0.335. The molecule has 0 fully saturated rings. The van der Waals surface area contributed by atoms with Crippen LogP contribution in [0.2, 0.25) is 0 Å². The van der Waals surface area contributed by atoms with E-state index in [2.05, 4.69) is 12.6 Å². The Morgan fingerprint density at radius 1 is 1.37 bits per heavy atom. The molecule has 1 atom stereocenters. The fourth-order valence-electron chi connectivity index (χ4n) is 1.35. The normalized spacial score (nSPS) is 12.6. The van der Waals surface area contributed by atoms with Crippen molar-refractivity contribution in [2.24, 2.45) is 0 Å². The Bertz CT molecular complexity index is 347. The molecule has 0 bridgehead atoms. The zero-order chi connectivity index (χ0) is 14.2. The summed E-state index contributed by atoms with van der Waals surface area (Å²) in [4.78, 5) is 13.5. The number of carbonyl (C=O) groups is 1. The molecule has 0 heterocycles. The second kappa shape index (κ2) is 11.7. The molecule has 1 amide bonds. The monoisotopic (exact) mass is 337 g/mol. The van der Waals surface area contributed by atoms with E-state index in [9.17, 15) is 17.8 Å². The predicted molar refractivity (Wildman–Crippen MR) is 77.2 cm³/mol. The summed E-state index contributed by atoms with van der Waals surface area (Å²) in [5.74, 6) is 0.493. The first kappa shape index (κ1) is 22.4. The number of nitrogens with zero attached hydrogens (tertiary/aromatic N) is 1. The molecule has 9 heteroatoms. The summed E-state index contributed by atoms with van der Waals surface area (Å²) in [6.45, 7) is 5.19. The first-order valence-corrected chi connectivity index (χ1v) is 9.02. The van der Waals surface area contributed by atoms with Gasteiger partial charge in [-0.05, 0) is 13.8 Å². The number of amides is 1. The first-order chi connectivity index (χ1) is 8.30. The van der Waals surface area contributed by atoms with Crippen LogP contribution in [-0.2, 0) is 14.9 Å². The van der Waals surface area contributed by atoms with Gasteiger partial charge in [0.15, 0.2) is 0 Å². The Balaban J connectivity index is 0. The molecule has 0 aromatic carbocycles. The summed E-state index contributed by atoms with van der Waals surface area (Å²) in [7, 11) is -4.14. The Kier molecular flexibility index (Phi) is 13.8. The average Bonchev–Trinajstić information content (AvgIpc) is 2.25. The molecular weight excluding hydrogens is 317 g/mol. The van der Waals surface area contributed by atoms with Gasteiger partial charge in [0.05, 0.1) is 10.1 Å². The van der Waals surface area contributed by atoms with Crippen LogP contribution in [0.4, 0.5) is 0 Å². The van der Waals surface area contributed by atoms with Crippen LogP contribution in [0.15, 0.2) is 0 Å². The van der Waals surface area contributed by atoms with Crippen molar-refractivity contribution in [2.75, 3.05) is 30.3 Å². The fraction of sp³-hybridized carbons (Fsp3) is 0.900. The maximum absolute atomic E-state index is 11.7. The maximum Gasteiger partial charge on any atom is 1.00 e. The van der Waals surface area contributed by atoms with E-state index in [1.54, 1.807) is 4.90 Å². The van der Waals surface area contributed by atoms with Gasteiger partial charge in [-0.3, -0.25) is 4.79 Å². The molecule has 1 unspecified atom stereocenters. The van der Waals surface area contributed by atoms with E-state index in [1.807, 2.05) is 13.8 Å². The van der Waals surface area contributed by atoms with E-state index < -0.39 is 10.1 Å². The van der Waals surface area contributed by atoms with E-state index in [1.165, 1.54) is 11.8 Å². The van der Waals surface area contributed by atoms with Crippen molar-refractivity contribution in [1.29, 1.82) is 0 Å². The zero-order valence-corrected chi connectivity index (χ0v) is 16.2. The van der Waals surface area contributed by atoms with Crippen LogP contribution in [0.1, 0.15) is 20.3 Å². The number of thioether (sulfide) groups is 1. The van der Waals surface area contributed by atoms with Gasteiger partial charge < -0.3 is 9.45 Å². The number of rotatable bonds is 9. The molecule has 0 aliphatic rings. The summed E-state index contributed by atoms with van der Waals surface area (Å²) >= 11 is 5.62. The SMILES string of the molecule is CCN(CC)C(=O)CC(S)CSCCS(=O)(=O)[O-].[Na+]. The molecule has 0 radical (unpaired) electrons. The number of hydrogen-bond donors (Lipinski definition) is 1. The van der Waals surface area contributed by atoms with Crippen LogP contribution >= 0.6 is 24.4 Å². The summed E-state index contributed by atoms with van der Waals surface area (Å²) < 4.78 is 31.1. The Morgan fingerprint density at radius 3 is 2.32 bits per heavy atom. The molecule has 0 spiro atoms. The van der Waals surface area contributed by atoms with Crippen LogP contribution in [0.5, 0.6) is 0 Å². The van der Waals surface area contributed by atoms with Gasteiger partial charge >= 0.3 is 29.6 Å². The van der Waals surface area contributed by atoms with E-state index in [-0.39, 0.29) is 52.2 Å². The minimum Gasteiger partial charge on any atom is -0.748 e. The fourth-order valence-corrected chi connectivity index (χ4v) is 3.66. The summed E-state index contributed by atoms with van der Waals surface area (Å²) in [6, 6.07) is 0. The molecule has 0 aliphatic carbocycles. The molecule has 0 rings (SSSR count). The molecule has 0 aliphatic heterocycles. The largest absolute Gasteiger partial charge is 1.00 e. The summed E-state index contributed by atoms with van der Waals surface area (Å²) in [5.41, 5.74) is 0. The van der Waals surface area contributed by atoms with E-state index >= 15 is 0 Å². The van der Waals surface area contributed by atoms with Gasteiger partial charge in [0.25, 0.3) is 0 Å². The molecule has 0 saturated carbocycles. The minimum atomic E-state index is -4.14. The van der Waals surface area contributed by atoms with Crippen LogP contribution in [-0.4, -0.2) is 59.4 Å². The maximum atomic E-state index is 11.7. The van der Waals surface area contributed by atoms with Crippen molar-refractivity contribution in [3.63, 3.8) is 0 Å². The Hall–Kier alpha value is 1.08. The van der Waals surface area contributed by atoms with Gasteiger partial charge in [0.1, 0.15) is 0 Å². The quantitative estimate of drug-likeness (QED) is 0.224. The third kappa shape index (κ3) is 12.5. The number of carbonyl (C=O) groups excluding carboxylic acids is 1. The van der Waals surface area contributed by atoms with Gasteiger partial charge in [-0.25, -0.2) is 8.42 Å². The van der Waals surface area contributed by atoms with Gasteiger partial charge in [-0.1, -0.05) is 0 Å². The van der Waals surface area contributed by atoms with Gasteiger partial charge in [-0.15, -0.1) is 0 Å². The van der Waals surface area contributed by atoms with Crippen LogP contribution in [0, 0.1) is 0 Å². The van der Waals surface area contributed by atoms with Crippen molar-refractivity contribution in [2.45, 2.75) is 25.5 Å².